The number of hydrazone groups is 1. The average molecular weight is 288 g/mol. The van der Waals surface area contributed by atoms with E-state index in [0.717, 1.165) is 23.7 Å². The van der Waals surface area contributed by atoms with Crippen LogP contribution in [0.15, 0.2) is 23.3 Å². The zero-order valence-corrected chi connectivity index (χ0v) is 12.4. The summed E-state index contributed by atoms with van der Waals surface area (Å²) in [7, 11) is 1.64. The maximum absolute atomic E-state index is 11.6. The molecular formula is C16H20N2O3. The molecule has 1 atom stereocenters. The maximum atomic E-state index is 11.6. The van der Waals surface area contributed by atoms with E-state index in [2.05, 4.69) is 10.5 Å². The first-order valence-corrected chi connectivity index (χ1v) is 7.25. The molecule has 0 spiro atoms. The largest absolute Gasteiger partial charge is 0.493 e. The van der Waals surface area contributed by atoms with Crippen molar-refractivity contribution in [3.8, 4) is 11.5 Å². The zero-order valence-electron chi connectivity index (χ0n) is 12.4. The van der Waals surface area contributed by atoms with Crippen LogP contribution in [0.2, 0.25) is 0 Å². The summed E-state index contributed by atoms with van der Waals surface area (Å²) in [6.45, 7) is 2.73. The summed E-state index contributed by atoms with van der Waals surface area (Å²) in [4.78, 5) is 11.6. The van der Waals surface area contributed by atoms with Gasteiger partial charge in [0.05, 0.1) is 13.7 Å². The SMILES string of the molecule is COc1ccc(C2(C)C=NNC(=O)C2)cc1OCC1CC1. The van der Waals surface area contributed by atoms with Crippen molar-refractivity contribution >= 4 is 12.1 Å². The number of hydrogen-bond donors (Lipinski definition) is 1. The second-order valence-corrected chi connectivity index (χ2v) is 6.01. The van der Waals surface area contributed by atoms with Crippen molar-refractivity contribution in [2.75, 3.05) is 13.7 Å². The lowest BCUT2D eigenvalue weighted by atomic mass is 9.79. The Morgan fingerprint density at radius 3 is 2.86 bits per heavy atom. The highest BCUT2D eigenvalue weighted by Crippen LogP contribution is 2.37. The van der Waals surface area contributed by atoms with Crippen LogP contribution in [0.5, 0.6) is 11.5 Å². The van der Waals surface area contributed by atoms with E-state index < -0.39 is 5.41 Å². The molecule has 5 nitrogen and oxygen atoms in total. The van der Waals surface area contributed by atoms with Gasteiger partial charge in [-0.05, 0) is 43.4 Å². The molecular weight excluding hydrogens is 268 g/mol. The number of benzene rings is 1. The van der Waals surface area contributed by atoms with Crippen LogP contribution in [0.3, 0.4) is 0 Å². The molecule has 1 aliphatic carbocycles. The van der Waals surface area contributed by atoms with E-state index in [9.17, 15) is 4.79 Å². The molecule has 0 bridgehead atoms. The number of rotatable bonds is 5. The van der Waals surface area contributed by atoms with Crippen molar-refractivity contribution in [1.82, 2.24) is 5.43 Å². The Labute approximate surface area is 124 Å². The molecule has 21 heavy (non-hydrogen) atoms. The minimum atomic E-state index is -0.410. The quantitative estimate of drug-likeness (QED) is 0.904. The van der Waals surface area contributed by atoms with Gasteiger partial charge in [0.2, 0.25) is 5.91 Å². The molecule has 1 aromatic rings. The fourth-order valence-corrected chi connectivity index (χ4v) is 2.48. The number of amides is 1. The first-order chi connectivity index (χ1) is 10.1. The van der Waals surface area contributed by atoms with Gasteiger partial charge in [-0.25, -0.2) is 5.43 Å². The highest BCUT2D eigenvalue weighted by Gasteiger charge is 2.32. The molecule has 1 aliphatic heterocycles. The molecule has 1 heterocycles. The van der Waals surface area contributed by atoms with E-state index in [1.165, 1.54) is 12.8 Å². The molecule has 2 aliphatic rings. The normalized spacial score (nSPS) is 24.6. The van der Waals surface area contributed by atoms with Crippen molar-refractivity contribution in [2.45, 2.75) is 31.6 Å². The van der Waals surface area contributed by atoms with Crippen LogP contribution in [0.4, 0.5) is 0 Å². The Morgan fingerprint density at radius 2 is 2.19 bits per heavy atom. The predicted octanol–water partition coefficient (Wildman–Crippen LogP) is 2.25. The summed E-state index contributed by atoms with van der Waals surface area (Å²) < 4.78 is 11.2. The topological polar surface area (TPSA) is 59.9 Å². The zero-order chi connectivity index (χ0) is 14.9. The minimum absolute atomic E-state index is 0.0729. The van der Waals surface area contributed by atoms with E-state index >= 15 is 0 Å². The van der Waals surface area contributed by atoms with Crippen LogP contribution in [0.25, 0.3) is 0 Å². The van der Waals surface area contributed by atoms with Gasteiger partial charge in [0.15, 0.2) is 11.5 Å². The van der Waals surface area contributed by atoms with Crippen molar-refractivity contribution in [3.05, 3.63) is 23.8 Å². The summed E-state index contributed by atoms with van der Waals surface area (Å²) >= 11 is 0. The van der Waals surface area contributed by atoms with Gasteiger partial charge < -0.3 is 9.47 Å². The van der Waals surface area contributed by atoms with Crippen LogP contribution in [0, 0.1) is 5.92 Å². The van der Waals surface area contributed by atoms with Crippen molar-refractivity contribution < 1.29 is 14.3 Å². The highest BCUT2D eigenvalue weighted by molar-refractivity contribution is 5.89. The number of hydrogen-bond acceptors (Lipinski definition) is 4. The standard InChI is InChI=1S/C16H20N2O3/c1-16(8-15(19)18-17-10-16)12-5-6-13(20-2)14(7-12)21-9-11-3-4-11/h5-7,10-11H,3-4,8-9H2,1-2H3,(H,18,19). The van der Waals surface area contributed by atoms with E-state index in [1.807, 2.05) is 25.1 Å². The van der Waals surface area contributed by atoms with Gasteiger partial charge in [-0.2, -0.15) is 5.10 Å². The minimum Gasteiger partial charge on any atom is -0.493 e. The average Bonchev–Trinajstić information content (AvgIpc) is 3.28. The number of ether oxygens (including phenoxy) is 2. The van der Waals surface area contributed by atoms with Crippen LogP contribution in [-0.4, -0.2) is 25.8 Å². The van der Waals surface area contributed by atoms with Gasteiger partial charge in [0.1, 0.15) is 0 Å². The summed E-state index contributed by atoms with van der Waals surface area (Å²) in [5.74, 6) is 2.06. The molecule has 1 unspecified atom stereocenters. The Morgan fingerprint density at radius 1 is 1.38 bits per heavy atom. The smallest absolute Gasteiger partial charge is 0.241 e. The van der Waals surface area contributed by atoms with Gasteiger partial charge in [0, 0.05) is 18.1 Å². The second kappa shape index (κ2) is 5.39. The van der Waals surface area contributed by atoms with Crippen molar-refractivity contribution in [1.29, 1.82) is 0 Å². The number of nitrogens with one attached hydrogen (secondary N) is 1. The number of methoxy groups -OCH3 is 1. The second-order valence-electron chi connectivity index (χ2n) is 6.01. The third-order valence-corrected chi connectivity index (χ3v) is 4.06. The lowest BCUT2D eigenvalue weighted by Gasteiger charge is -2.28. The van der Waals surface area contributed by atoms with Gasteiger partial charge in [-0.3, -0.25) is 4.79 Å². The fraction of sp³-hybridized carbons (Fsp3) is 0.500. The summed E-state index contributed by atoms with van der Waals surface area (Å²) in [6, 6.07) is 5.82. The molecule has 0 radical (unpaired) electrons. The number of nitrogens with zero attached hydrogens (tertiary/aromatic N) is 1. The van der Waals surface area contributed by atoms with Crippen molar-refractivity contribution in [3.63, 3.8) is 0 Å². The lowest BCUT2D eigenvalue weighted by molar-refractivity contribution is -0.122. The molecule has 0 aromatic heterocycles. The van der Waals surface area contributed by atoms with Gasteiger partial charge >= 0.3 is 0 Å². The monoisotopic (exact) mass is 288 g/mol. The Hall–Kier alpha value is -2.04. The predicted molar refractivity (Wildman–Crippen MR) is 79.8 cm³/mol. The Bertz CT molecular complexity index is 581. The number of carbonyl (C=O) groups is 1. The maximum Gasteiger partial charge on any atom is 0.241 e. The van der Waals surface area contributed by atoms with E-state index in [0.29, 0.717) is 12.3 Å². The third kappa shape index (κ3) is 3.01. The Balaban J connectivity index is 1.87. The van der Waals surface area contributed by atoms with Gasteiger partial charge in [-0.15, -0.1) is 0 Å². The summed E-state index contributed by atoms with van der Waals surface area (Å²) in [5.41, 5.74) is 3.06. The molecule has 1 fully saturated rings. The molecule has 5 heteroatoms. The van der Waals surface area contributed by atoms with Gasteiger partial charge in [0.25, 0.3) is 0 Å². The summed E-state index contributed by atoms with van der Waals surface area (Å²) in [5, 5.41) is 3.95. The molecule has 1 aromatic carbocycles. The van der Waals surface area contributed by atoms with Crippen LogP contribution in [-0.2, 0) is 10.2 Å². The Kier molecular flexibility index (Phi) is 3.57. The number of carbonyl (C=O) groups excluding carboxylic acids is 1. The van der Waals surface area contributed by atoms with E-state index in [-0.39, 0.29) is 5.91 Å². The lowest BCUT2D eigenvalue weighted by Crippen LogP contribution is -2.37. The third-order valence-electron chi connectivity index (χ3n) is 4.06. The molecule has 1 N–H and O–H groups in total. The molecule has 0 saturated heterocycles. The molecule has 3 rings (SSSR count). The fourth-order valence-electron chi connectivity index (χ4n) is 2.48. The molecule has 1 saturated carbocycles. The van der Waals surface area contributed by atoms with Crippen LogP contribution >= 0.6 is 0 Å². The van der Waals surface area contributed by atoms with Gasteiger partial charge in [-0.1, -0.05) is 6.07 Å². The molecule has 112 valence electrons. The van der Waals surface area contributed by atoms with Crippen molar-refractivity contribution in [2.24, 2.45) is 11.0 Å². The van der Waals surface area contributed by atoms with E-state index in [4.69, 9.17) is 9.47 Å². The van der Waals surface area contributed by atoms with Crippen LogP contribution < -0.4 is 14.9 Å². The van der Waals surface area contributed by atoms with E-state index in [1.54, 1.807) is 13.3 Å². The summed E-state index contributed by atoms with van der Waals surface area (Å²) in [6.07, 6.45) is 4.64. The first-order valence-electron chi connectivity index (χ1n) is 7.25. The van der Waals surface area contributed by atoms with Crippen LogP contribution in [0.1, 0.15) is 31.7 Å². The molecule has 1 amide bonds. The highest BCUT2D eigenvalue weighted by atomic mass is 16.5. The first kappa shape index (κ1) is 13.9.